The molecule has 0 spiro atoms. The van der Waals surface area contributed by atoms with Crippen molar-refractivity contribution in [3.8, 4) is 0 Å². The molecule has 0 aliphatic heterocycles. The summed E-state index contributed by atoms with van der Waals surface area (Å²) in [6, 6.07) is 3.48. The zero-order valence-electron chi connectivity index (χ0n) is 12.5. The first-order valence-electron chi connectivity index (χ1n) is 6.74. The third kappa shape index (κ3) is 4.85. The van der Waals surface area contributed by atoms with E-state index in [1.807, 2.05) is 4.90 Å². The van der Waals surface area contributed by atoms with Gasteiger partial charge in [0.1, 0.15) is 5.82 Å². The van der Waals surface area contributed by atoms with Crippen LogP contribution in [0.1, 0.15) is 38.2 Å². The molecule has 0 aliphatic rings. The average molecular weight is 264 g/mol. The first-order valence-corrected chi connectivity index (χ1v) is 6.74. The first kappa shape index (κ1) is 15.4. The van der Waals surface area contributed by atoms with Crippen molar-refractivity contribution in [2.45, 2.75) is 27.7 Å². The van der Waals surface area contributed by atoms with Gasteiger partial charge in [0.15, 0.2) is 5.69 Å². The lowest BCUT2D eigenvalue weighted by molar-refractivity contribution is 0.0708. The van der Waals surface area contributed by atoms with E-state index in [9.17, 15) is 4.79 Å². The Balaban J connectivity index is 2.84. The number of nitrogens with zero attached hydrogens (tertiary/aromatic N) is 3. The Morgan fingerprint density at radius 3 is 2.11 bits per heavy atom. The number of amides is 1. The van der Waals surface area contributed by atoms with Gasteiger partial charge in [-0.05, 0) is 24.0 Å². The highest BCUT2D eigenvalue weighted by atomic mass is 16.2. The average Bonchev–Trinajstić information content (AvgIpc) is 2.36. The zero-order chi connectivity index (χ0) is 14.4. The van der Waals surface area contributed by atoms with Crippen molar-refractivity contribution in [1.82, 2.24) is 15.1 Å². The molecule has 5 nitrogen and oxygen atoms in total. The second kappa shape index (κ2) is 7.07. The molecule has 1 aromatic heterocycles. The highest BCUT2D eigenvalue weighted by molar-refractivity contribution is 5.92. The number of rotatable bonds is 6. The fraction of sp³-hybridized carbons (Fsp3) is 0.643. The summed E-state index contributed by atoms with van der Waals surface area (Å²) < 4.78 is 0. The van der Waals surface area contributed by atoms with Gasteiger partial charge in [-0.1, -0.05) is 27.7 Å². The molecule has 106 valence electrons. The van der Waals surface area contributed by atoms with Gasteiger partial charge >= 0.3 is 0 Å². The van der Waals surface area contributed by atoms with Crippen LogP contribution in [0.15, 0.2) is 12.1 Å². The van der Waals surface area contributed by atoms with Gasteiger partial charge < -0.3 is 10.2 Å². The number of anilines is 1. The summed E-state index contributed by atoms with van der Waals surface area (Å²) >= 11 is 0. The fourth-order valence-corrected chi connectivity index (χ4v) is 1.86. The first-order chi connectivity index (χ1) is 8.93. The van der Waals surface area contributed by atoms with Crippen molar-refractivity contribution in [2.24, 2.45) is 11.8 Å². The van der Waals surface area contributed by atoms with E-state index in [1.165, 1.54) is 0 Å². The highest BCUT2D eigenvalue weighted by Crippen LogP contribution is 2.09. The summed E-state index contributed by atoms with van der Waals surface area (Å²) in [4.78, 5) is 14.3. The Hall–Kier alpha value is -1.65. The van der Waals surface area contributed by atoms with E-state index < -0.39 is 0 Å². The summed E-state index contributed by atoms with van der Waals surface area (Å²) in [6.45, 7) is 9.92. The maximum atomic E-state index is 12.4. The minimum atomic E-state index is -0.0439. The lowest BCUT2D eigenvalue weighted by Gasteiger charge is -2.25. The zero-order valence-corrected chi connectivity index (χ0v) is 12.5. The predicted molar refractivity (Wildman–Crippen MR) is 77.2 cm³/mol. The van der Waals surface area contributed by atoms with Crippen LogP contribution in [0.2, 0.25) is 0 Å². The Kier molecular flexibility index (Phi) is 5.73. The molecule has 0 fully saturated rings. The summed E-state index contributed by atoms with van der Waals surface area (Å²) in [7, 11) is 1.77. The Bertz CT molecular complexity index is 390. The molecule has 0 saturated heterocycles. The Morgan fingerprint density at radius 1 is 1.16 bits per heavy atom. The standard InChI is InChI=1S/C14H24N4O/c1-10(2)8-18(9-11(3)4)14(19)12-6-7-13(15-5)17-16-12/h6-7,10-11H,8-9H2,1-5H3,(H,15,17). The quantitative estimate of drug-likeness (QED) is 0.856. The number of nitrogens with one attached hydrogen (secondary N) is 1. The van der Waals surface area contributed by atoms with Gasteiger partial charge in [-0.25, -0.2) is 0 Å². The van der Waals surface area contributed by atoms with Gasteiger partial charge in [0.2, 0.25) is 0 Å². The monoisotopic (exact) mass is 264 g/mol. The van der Waals surface area contributed by atoms with E-state index >= 15 is 0 Å². The van der Waals surface area contributed by atoms with Crippen molar-refractivity contribution >= 4 is 11.7 Å². The number of aromatic nitrogens is 2. The summed E-state index contributed by atoms with van der Waals surface area (Å²) in [5.41, 5.74) is 0.403. The highest BCUT2D eigenvalue weighted by Gasteiger charge is 2.19. The molecule has 0 unspecified atom stereocenters. The van der Waals surface area contributed by atoms with Crippen LogP contribution in [0.4, 0.5) is 5.82 Å². The lowest BCUT2D eigenvalue weighted by atomic mass is 10.1. The SMILES string of the molecule is CNc1ccc(C(=O)N(CC(C)C)CC(C)C)nn1. The molecule has 0 aliphatic carbocycles. The molecule has 1 heterocycles. The van der Waals surface area contributed by atoms with E-state index in [4.69, 9.17) is 0 Å². The minimum Gasteiger partial charge on any atom is -0.372 e. The van der Waals surface area contributed by atoms with E-state index in [0.29, 0.717) is 23.3 Å². The number of carbonyl (C=O) groups excluding carboxylic acids is 1. The van der Waals surface area contributed by atoms with Crippen molar-refractivity contribution in [3.05, 3.63) is 17.8 Å². The molecular weight excluding hydrogens is 240 g/mol. The molecule has 0 aromatic carbocycles. The van der Waals surface area contributed by atoms with Crippen LogP contribution in [0.3, 0.4) is 0 Å². The maximum absolute atomic E-state index is 12.4. The third-order valence-corrected chi connectivity index (χ3v) is 2.60. The van der Waals surface area contributed by atoms with Crippen LogP contribution in [-0.4, -0.2) is 41.1 Å². The molecule has 19 heavy (non-hydrogen) atoms. The fourth-order valence-electron chi connectivity index (χ4n) is 1.86. The van der Waals surface area contributed by atoms with E-state index in [0.717, 1.165) is 13.1 Å². The van der Waals surface area contributed by atoms with Gasteiger partial charge in [0.05, 0.1) is 0 Å². The van der Waals surface area contributed by atoms with E-state index in [2.05, 4.69) is 43.2 Å². The van der Waals surface area contributed by atoms with Crippen molar-refractivity contribution < 1.29 is 4.79 Å². The lowest BCUT2D eigenvalue weighted by Crippen LogP contribution is -2.37. The van der Waals surface area contributed by atoms with Crippen LogP contribution in [0, 0.1) is 11.8 Å². The summed E-state index contributed by atoms with van der Waals surface area (Å²) in [5, 5.41) is 10.8. The molecule has 1 N–H and O–H groups in total. The van der Waals surface area contributed by atoms with Crippen LogP contribution in [0.5, 0.6) is 0 Å². The van der Waals surface area contributed by atoms with E-state index in [-0.39, 0.29) is 5.91 Å². The van der Waals surface area contributed by atoms with Gasteiger partial charge in [0.25, 0.3) is 5.91 Å². The summed E-state index contributed by atoms with van der Waals surface area (Å²) in [6.07, 6.45) is 0. The molecule has 1 rings (SSSR count). The Labute approximate surface area is 115 Å². The predicted octanol–water partition coefficient (Wildman–Crippen LogP) is 2.27. The minimum absolute atomic E-state index is 0.0439. The van der Waals surface area contributed by atoms with E-state index in [1.54, 1.807) is 19.2 Å². The van der Waals surface area contributed by atoms with Crippen LogP contribution < -0.4 is 5.32 Å². The molecule has 1 aromatic rings. The van der Waals surface area contributed by atoms with Crippen LogP contribution in [-0.2, 0) is 0 Å². The molecule has 5 heteroatoms. The largest absolute Gasteiger partial charge is 0.372 e. The topological polar surface area (TPSA) is 58.1 Å². The molecule has 0 radical (unpaired) electrons. The van der Waals surface area contributed by atoms with Crippen molar-refractivity contribution in [1.29, 1.82) is 0 Å². The molecule has 0 atom stereocenters. The van der Waals surface area contributed by atoms with Crippen LogP contribution >= 0.6 is 0 Å². The van der Waals surface area contributed by atoms with Crippen molar-refractivity contribution in [2.75, 3.05) is 25.5 Å². The van der Waals surface area contributed by atoms with Crippen molar-refractivity contribution in [3.63, 3.8) is 0 Å². The number of carbonyl (C=O) groups is 1. The maximum Gasteiger partial charge on any atom is 0.274 e. The smallest absolute Gasteiger partial charge is 0.274 e. The van der Waals surface area contributed by atoms with Gasteiger partial charge in [-0.15, -0.1) is 10.2 Å². The Morgan fingerprint density at radius 2 is 1.74 bits per heavy atom. The van der Waals surface area contributed by atoms with Crippen LogP contribution in [0.25, 0.3) is 0 Å². The number of hydrogen-bond acceptors (Lipinski definition) is 4. The second-order valence-corrected chi connectivity index (χ2v) is 5.55. The number of hydrogen-bond donors (Lipinski definition) is 1. The summed E-state index contributed by atoms with van der Waals surface area (Å²) in [5.74, 6) is 1.49. The van der Waals surface area contributed by atoms with Gasteiger partial charge in [-0.2, -0.15) is 0 Å². The molecular formula is C14H24N4O. The van der Waals surface area contributed by atoms with Gasteiger partial charge in [-0.3, -0.25) is 4.79 Å². The normalized spacial score (nSPS) is 10.9. The molecule has 1 amide bonds. The van der Waals surface area contributed by atoms with Gasteiger partial charge in [0, 0.05) is 20.1 Å². The molecule has 0 saturated carbocycles. The molecule has 0 bridgehead atoms. The second-order valence-electron chi connectivity index (χ2n) is 5.55. The third-order valence-electron chi connectivity index (χ3n) is 2.60.